The largest absolute Gasteiger partial charge is 0.493 e. The molecule has 0 atom stereocenters. The van der Waals surface area contributed by atoms with Gasteiger partial charge in [-0.1, -0.05) is 30.3 Å². The van der Waals surface area contributed by atoms with Crippen molar-refractivity contribution in [3.63, 3.8) is 0 Å². The minimum Gasteiger partial charge on any atom is -0.493 e. The molecule has 2 heterocycles. The molecule has 5 heteroatoms. The third kappa shape index (κ3) is 2.97. The van der Waals surface area contributed by atoms with Crippen LogP contribution in [0.25, 0.3) is 22.0 Å². The van der Waals surface area contributed by atoms with Crippen LogP contribution in [-0.4, -0.2) is 42.6 Å². The van der Waals surface area contributed by atoms with E-state index >= 15 is 0 Å². The molecule has 0 N–H and O–H groups in total. The first-order chi connectivity index (χ1) is 13.3. The predicted molar refractivity (Wildman–Crippen MR) is 110 cm³/mol. The van der Waals surface area contributed by atoms with Crippen molar-refractivity contribution in [2.24, 2.45) is 0 Å². The number of carbonyl (C=O) groups is 1. The van der Waals surface area contributed by atoms with Crippen LogP contribution in [0, 0.1) is 0 Å². The van der Waals surface area contributed by atoms with Gasteiger partial charge in [0.15, 0.2) is 11.5 Å². The number of ether oxygens (including phenoxy) is 2. The second kappa shape index (κ2) is 6.51. The van der Waals surface area contributed by atoms with Crippen LogP contribution >= 0.6 is 0 Å². The summed E-state index contributed by atoms with van der Waals surface area (Å²) in [7, 11) is 5.10. The van der Waals surface area contributed by atoms with E-state index in [-0.39, 0.29) is 11.5 Å². The van der Waals surface area contributed by atoms with E-state index < -0.39 is 0 Å². The number of rotatable bonds is 3. The van der Waals surface area contributed by atoms with Crippen molar-refractivity contribution in [2.75, 3.05) is 21.2 Å². The van der Waals surface area contributed by atoms with Crippen LogP contribution in [0.15, 0.2) is 42.5 Å². The SMILES string of the molecule is COc1cc2cc(C(=O)N(C)C)nc(-c3ccccc3)c2c2c1OC(C)(C)C2. The number of hydrogen-bond acceptors (Lipinski definition) is 4. The number of aromatic nitrogens is 1. The standard InChI is InChI=1S/C23H24N2O3/c1-23(2)13-16-19-15(12-18(27-5)21(16)28-23)11-17(22(26)25(3)4)24-20(19)14-9-7-6-8-10-14/h6-12H,13H2,1-5H3. The summed E-state index contributed by atoms with van der Waals surface area (Å²) < 4.78 is 11.8. The Balaban J connectivity index is 2.09. The van der Waals surface area contributed by atoms with E-state index in [2.05, 4.69) is 13.8 Å². The van der Waals surface area contributed by atoms with Gasteiger partial charge in [0.25, 0.3) is 5.91 Å². The third-order valence-electron chi connectivity index (χ3n) is 5.01. The number of pyridine rings is 1. The topological polar surface area (TPSA) is 51.7 Å². The molecule has 0 bridgehead atoms. The fourth-order valence-corrected chi connectivity index (χ4v) is 3.78. The third-order valence-corrected chi connectivity index (χ3v) is 5.01. The average molecular weight is 376 g/mol. The highest BCUT2D eigenvalue weighted by Crippen LogP contribution is 2.48. The van der Waals surface area contributed by atoms with Gasteiger partial charge in [-0.15, -0.1) is 0 Å². The second-order valence-corrected chi connectivity index (χ2v) is 7.94. The Labute approximate surface area is 164 Å². The van der Waals surface area contributed by atoms with Gasteiger partial charge >= 0.3 is 0 Å². The van der Waals surface area contributed by atoms with Gasteiger partial charge < -0.3 is 14.4 Å². The highest BCUT2D eigenvalue weighted by Gasteiger charge is 2.35. The summed E-state index contributed by atoms with van der Waals surface area (Å²) in [6.07, 6.45) is 0.749. The first-order valence-corrected chi connectivity index (χ1v) is 9.31. The van der Waals surface area contributed by atoms with Gasteiger partial charge in [0, 0.05) is 37.0 Å². The van der Waals surface area contributed by atoms with Crippen LogP contribution in [0.1, 0.15) is 29.9 Å². The predicted octanol–water partition coefficient (Wildman–Crippen LogP) is 4.33. The molecule has 1 aliphatic heterocycles. The Morgan fingerprint density at radius 2 is 1.89 bits per heavy atom. The molecule has 0 fully saturated rings. The lowest BCUT2D eigenvalue weighted by atomic mass is 9.93. The highest BCUT2D eigenvalue weighted by atomic mass is 16.5. The smallest absolute Gasteiger partial charge is 0.271 e. The summed E-state index contributed by atoms with van der Waals surface area (Å²) in [6.45, 7) is 4.13. The summed E-state index contributed by atoms with van der Waals surface area (Å²) in [4.78, 5) is 19.0. The van der Waals surface area contributed by atoms with E-state index in [0.717, 1.165) is 39.8 Å². The maximum atomic E-state index is 12.7. The summed E-state index contributed by atoms with van der Waals surface area (Å²) >= 11 is 0. The lowest BCUT2D eigenvalue weighted by molar-refractivity contribution is 0.0822. The quantitative estimate of drug-likeness (QED) is 0.683. The molecular weight excluding hydrogens is 352 g/mol. The van der Waals surface area contributed by atoms with E-state index in [1.54, 1.807) is 26.1 Å². The number of nitrogens with zero attached hydrogens (tertiary/aromatic N) is 2. The molecule has 144 valence electrons. The summed E-state index contributed by atoms with van der Waals surface area (Å²) in [6, 6.07) is 13.8. The number of methoxy groups -OCH3 is 1. The molecule has 0 aliphatic carbocycles. The molecule has 0 spiro atoms. The zero-order valence-electron chi connectivity index (χ0n) is 16.9. The van der Waals surface area contributed by atoms with E-state index in [0.29, 0.717) is 11.4 Å². The van der Waals surface area contributed by atoms with Crippen molar-refractivity contribution in [3.05, 3.63) is 53.7 Å². The first kappa shape index (κ1) is 18.3. The van der Waals surface area contributed by atoms with Gasteiger partial charge in [-0.3, -0.25) is 4.79 Å². The van der Waals surface area contributed by atoms with Crippen LogP contribution in [0.5, 0.6) is 11.5 Å². The maximum absolute atomic E-state index is 12.7. The molecule has 0 unspecified atom stereocenters. The molecule has 1 aliphatic rings. The zero-order chi connectivity index (χ0) is 20.1. The molecule has 28 heavy (non-hydrogen) atoms. The first-order valence-electron chi connectivity index (χ1n) is 9.31. The summed E-state index contributed by atoms with van der Waals surface area (Å²) in [5, 5.41) is 1.94. The number of benzene rings is 2. The van der Waals surface area contributed by atoms with Gasteiger partial charge in [0.05, 0.1) is 12.8 Å². The average Bonchev–Trinajstić information content (AvgIpc) is 3.01. The van der Waals surface area contributed by atoms with Crippen LogP contribution in [0.3, 0.4) is 0 Å². The van der Waals surface area contributed by atoms with Crippen molar-refractivity contribution in [3.8, 4) is 22.8 Å². The highest BCUT2D eigenvalue weighted by molar-refractivity contribution is 6.04. The lowest BCUT2D eigenvalue weighted by Crippen LogP contribution is -2.24. The molecule has 0 saturated heterocycles. The molecule has 1 amide bonds. The van der Waals surface area contributed by atoms with E-state index in [4.69, 9.17) is 14.5 Å². The minimum absolute atomic E-state index is 0.130. The molecule has 0 saturated carbocycles. The van der Waals surface area contributed by atoms with Crippen molar-refractivity contribution in [2.45, 2.75) is 25.9 Å². The number of amides is 1. The molecule has 3 aromatic rings. The maximum Gasteiger partial charge on any atom is 0.271 e. The van der Waals surface area contributed by atoms with Gasteiger partial charge in [-0.25, -0.2) is 4.98 Å². The molecule has 1 aromatic heterocycles. The number of carbonyl (C=O) groups excluding carboxylic acids is 1. The van der Waals surface area contributed by atoms with E-state index in [1.807, 2.05) is 42.5 Å². The zero-order valence-corrected chi connectivity index (χ0v) is 16.9. The van der Waals surface area contributed by atoms with Crippen molar-refractivity contribution in [1.82, 2.24) is 9.88 Å². The van der Waals surface area contributed by atoms with Crippen LogP contribution in [0.2, 0.25) is 0 Å². The van der Waals surface area contributed by atoms with E-state index in [1.165, 1.54) is 0 Å². The molecule has 5 nitrogen and oxygen atoms in total. The summed E-state index contributed by atoms with van der Waals surface area (Å²) in [5.74, 6) is 1.32. The van der Waals surface area contributed by atoms with Crippen LogP contribution in [0.4, 0.5) is 0 Å². The Morgan fingerprint density at radius 3 is 2.54 bits per heavy atom. The Bertz CT molecular complexity index is 1070. The minimum atomic E-state index is -0.323. The van der Waals surface area contributed by atoms with E-state index in [9.17, 15) is 4.79 Å². The van der Waals surface area contributed by atoms with Gasteiger partial charge in [-0.05, 0) is 31.4 Å². The van der Waals surface area contributed by atoms with Crippen molar-refractivity contribution < 1.29 is 14.3 Å². The van der Waals surface area contributed by atoms with Crippen molar-refractivity contribution in [1.29, 1.82) is 0 Å². The lowest BCUT2D eigenvalue weighted by Gasteiger charge is -2.18. The second-order valence-electron chi connectivity index (χ2n) is 7.94. The number of fused-ring (bicyclic) bond motifs is 3. The molecule has 0 radical (unpaired) electrons. The number of hydrogen-bond donors (Lipinski definition) is 0. The van der Waals surface area contributed by atoms with Crippen molar-refractivity contribution >= 4 is 16.7 Å². The van der Waals surface area contributed by atoms with Gasteiger partial charge in [0.1, 0.15) is 11.3 Å². The fourth-order valence-electron chi connectivity index (χ4n) is 3.78. The molecular formula is C23H24N2O3. The van der Waals surface area contributed by atoms with Gasteiger partial charge in [-0.2, -0.15) is 0 Å². The molecule has 2 aromatic carbocycles. The van der Waals surface area contributed by atoms with Crippen LogP contribution in [-0.2, 0) is 6.42 Å². The normalized spacial score (nSPS) is 14.5. The fraction of sp³-hybridized carbons (Fsp3) is 0.304. The molecule has 4 rings (SSSR count). The van der Waals surface area contributed by atoms with Crippen LogP contribution < -0.4 is 9.47 Å². The Kier molecular flexibility index (Phi) is 4.26. The van der Waals surface area contributed by atoms with Gasteiger partial charge in [0.2, 0.25) is 0 Å². The summed E-state index contributed by atoms with van der Waals surface area (Å²) in [5.41, 5.74) is 2.93. The Morgan fingerprint density at radius 1 is 1.18 bits per heavy atom. The Hall–Kier alpha value is -3.08. The monoisotopic (exact) mass is 376 g/mol.